The van der Waals surface area contributed by atoms with E-state index in [1.165, 1.54) is 6.08 Å². The highest BCUT2D eigenvalue weighted by atomic mass is 16.1. The minimum absolute atomic E-state index is 0.401. The maximum absolute atomic E-state index is 9.80. The largest absolute Gasteiger partial charge is 0.235 e. The molecule has 0 saturated carbocycles. The van der Waals surface area contributed by atoms with Gasteiger partial charge in [-0.1, -0.05) is 13.0 Å². The van der Waals surface area contributed by atoms with Crippen LogP contribution < -0.4 is 0 Å². The topological polar surface area (TPSA) is 29.4 Å². The van der Waals surface area contributed by atoms with E-state index in [-0.39, 0.29) is 0 Å². The Morgan fingerprint density at radius 3 is 2.56 bits per heavy atom. The average molecular weight is 125 g/mol. The Bertz CT molecular complexity index is 147. The van der Waals surface area contributed by atoms with Gasteiger partial charge in [0.05, 0.1) is 5.54 Å². The van der Waals surface area contributed by atoms with Gasteiger partial charge in [-0.2, -0.15) is 4.99 Å². The van der Waals surface area contributed by atoms with Crippen LogP contribution in [-0.4, -0.2) is 11.6 Å². The SMILES string of the molecule is C=CC(C)(CC)N=C=O. The molecular weight excluding hydrogens is 114 g/mol. The Labute approximate surface area is 55.3 Å². The van der Waals surface area contributed by atoms with Gasteiger partial charge in [0.2, 0.25) is 6.08 Å². The minimum atomic E-state index is -0.401. The lowest BCUT2D eigenvalue weighted by atomic mass is 10.0. The second-order valence-electron chi connectivity index (χ2n) is 2.12. The molecule has 0 radical (unpaired) electrons. The van der Waals surface area contributed by atoms with Gasteiger partial charge in [0.1, 0.15) is 0 Å². The lowest BCUT2D eigenvalue weighted by Gasteiger charge is -2.14. The first-order valence-corrected chi connectivity index (χ1v) is 2.91. The third kappa shape index (κ3) is 2.24. The van der Waals surface area contributed by atoms with Gasteiger partial charge in [-0.15, -0.1) is 6.58 Å². The molecule has 9 heavy (non-hydrogen) atoms. The third-order valence-electron chi connectivity index (χ3n) is 1.46. The number of isocyanates is 1. The lowest BCUT2D eigenvalue weighted by molar-refractivity contribution is 0.530. The van der Waals surface area contributed by atoms with Crippen LogP contribution in [0.15, 0.2) is 17.6 Å². The molecule has 0 heterocycles. The van der Waals surface area contributed by atoms with E-state index >= 15 is 0 Å². The molecule has 0 aromatic rings. The van der Waals surface area contributed by atoms with E-state index in [1.54, 1.807) is 6.08 Å². The molecule has 1 unspecified atom stereocenters. The smallest absolute Gasteiger partial charge is 0.211 e. The Morgan fingerprint density at radius 2 is 2.44 bits per heavy atom. The highest BCUT2D eigenvalue weighted by molar-refractivity contribution is 5.35. The van der Waals surface area contributed by atoms with Crippen molar-refractivity contribution in [3.8, 4) is 0 Å². The summed E-state index contributed by atoms with van der Waals surface area (Å²) in [6, 6.07) is 0. The van der Waals surface area contributed by atoms with Crippen molar-refractivity contribution in [3.05, 3.63) is 12.7 Å². The van der Waals surface area contributed by atoms with Crippen molar-refractivity contribution < 1.29 is 4.79 Å². The molecule has 0 aromatic heterocycles. The summed E-state index contributed by atoms with van der Waals surface area (Å²) in [7, 11) is 0. The zero-order valence-corrected chi connectivity index (χ0v) is 5.85. The molecule has 0 fully saturated rings. The monoisotopic (exact) mass is 125 g/mol. The molecule has 0 saturated heterocycles. The molecule has 50 valence electrons. The molecule has 0 aromatic carbocycles. The lowest BCUT2D eigenvalue weighted by Crippen LogP contribution is -2.15. The van der Waals surface area contributed by atoms with E-state index in [9.17, 15) is 4.79 Å². The van der Waals surface area contributed by atoms with Crippen molar-refractivity contribution in [1.29, 1.82) is 0 Å². The maximum atomic E-state index is 9.80. The summed E-state index contributed by atoms with van der Waals surface area (Å²) in [6.07, 6.45) is 3.95. The van der Waals surface area contributed by atoms with Crippen LogP contribution in [0, 0.1) is 0 Å². The first-order chi connectivity index (χ1) is 4.18. The highest BCUT2D eigenvalue weighted by Gasteiger charge is 2.14. The van der Waals surface area contributed by atoms with Crippen molar-refractivity contribution in [3.63, 3.8) is 0 Å². The van der Waals surface area contributed by atoms with E-state index in [2.05, 4.69) is 11.6 Å². The molecule has 0 N–H and O–H groups in total. The third-order valence-corrected chi connectivity index (χ3v) is 1.46. The second kappa shape index (κ2) is 3.21. The number of aliphatic imine (C=N–C) groups is 1. The van der Waals surface area contributed by atoms with E-state index < -0.39 is 5.54 Å². The predicted octanol–water partition coefficient (Wildman–Crippen LogP) is 1.68. The van der Waals surface area contributed by atoms with E-state index in [4.69, 9.17) is 0 Å². The Hall–Kier alpha value is -0.880. The van der Waals surface area contributed by atoms with Crippen LogP contribution in [0.2, 0.25) is 0 Å². The van der Waals surface area contributed by atoms with Crippen molar-refractivity contribution in [2.45, 2.75) is 25.8 Å². The van der Waals surface area contributed by atoms with Gasteiger partial charge < -0.3 is 0 Å². The van der Waals surface area contributed by atoms with Crippen molar-refractivity contribution in [2.24, 2.45) is 4.99 Å². The normalized spacial score (nSPS) is 15.3. The Balaban J connectivity index is 4.26. The molecule has 0 spiro atoms. The van der Waals surface area contributed by atoms with Gasteiger partial charge in [0.15, 0.2) is 0 Å². The van der Waals surface area contributed by atoms with Crippen molar-refractivity contribution in [1.82, 2.24) is 0 Å². The fraction of sp³-hybridized carbons (Fsp3) is 0.571. The Kier molecular flexibility index (Phi) is 2.89. The number of carbonyl (C=O) groups excluding carboxylic acids is 1. The molecule has 0 aliphatic heterocycles. The highest BCUT2D eigenvalue weighted by Crippen LogP contribution is 2.14. The molecule has 2 heteroatoms. The second-order valence-corrected chi connectivity index (χ2v) is 2.12. The maximum Gasteiger partial charge on any atom is 0.235 e. The van der Waals surface area contributed by atoms with E-state index in [1.807, 2.05) is 13.8 Å². The van der Waals surface area contributed by atoms with Crippen LogP contribution in [0.3, 0.4) is 0 Å². The summed E-state index contributed by atoms with van der Waals surface area (Å²) in [4.78, 5) is 13.4. The quantitative estimate of drug-likeness (QED) is 0.320. The fourth-order valence-corrected chi connectivity index (χ4v) is 0.373. The molecule has 0 aliphatic rings. The molecule has 1 atom stereocenters. The van der Waals surface area contributed by atoms with Crippen LogP contribution in [-0.2, 0) is 4.79 Å². The standard InChI is InChI=1S/C7H11NO/c1-4-7(3,5-2)8-6-9/h4H,1,5H2,2-3H3. The molecular formula is C7H11NO. The molecule has 0 bridgehead atoms. The fourth-order valence-electron chi connectivity index (χ4n) is 0.373. The molecule has 0 amide bonds. The average Bonchev–Trinajstić information content (AvgIpc) is 1.89. The van der Waals surface area contributed by atoms with E-state index in [0.717, 1.165) is 6.42 Å². The summed E-state index contributed by atoms with van der Waals surface area (Å²) < 4.78 is 0. The van der Waals surface area contributed by atoms with Gasteiger partial charge in [-0.25, -0.2) is 4.79 Å². The zero-order chi connectivity index (χ0) is 7.33. The molecule has 0 aliphatic carbocycles. The number of hydrogen-bond acceptors (Lipinski definition) is 2. The minimum Gasteiger partial charge on any atom is -0.211 e. The predicted molar refractivity (Wildman–Crippen MR) is 37.0 cm³/mol. The first-order valence-electron chi connectivity index (χ1n) is 2.91. The summed E-state index contributed by atoms with van der Waals surface area (Å²) in [5.41, 5.74) is -0.401. The number of nitrogens with zero attached hydrogens (tertiary/aromatic N) is 1. The van der Waals surface area contributed by atoms with Gasteiger partial charge in [-0.05, 0) is 13.3 Å². The summed E-state index contributed by atoms with van der Waals surface area (Å²) in [6.45, 7) is 7.33. The van der Waals surface area contributed by atoms with Crippen molar-refractivity contribution >= 4 is 6.08 Å². The van der Waals surface area contributed by atoms with Crippen LogP contribution in [0.25, 0.3) is 0 Å². The van der Waals surface area contributed by atoms with Gasteiger partial charge >= 0.3 is 0 Å². The van der Waals surface area contributed by atoms with Gasteiger partial charge in [0, 0.05) is 0 Å². The van der Waals surface area contributed by atoms with Crippen LogP contribution in [0.5, 0.6) is 0 Å². The van der Waals surface area contributed by atoms with Crippen LogP contribution in [0.1, 0.15) is 20.3 Å². The number of rotatable bonds is 3. The zero-order valence-electron chi connectivity index (χ0n) is 5.85. The first kappa shape index (κ1) is 8.12. The summed E-state index contributed by atoms with van der Waals surface area (Å²) >= 11 is 0. The van der Waals surface area contributed by atoms with Gasteiger partial charge in [-0.3, -0.25) is 0 Å². The molecule has 2 nitrogen and oxygen atoms in total. The van der Waals surface area contributed by atoms with E-state index in [0.29, 0.717) is 0 Å². The van der Waals surface area contributed by atoms with Crippen LogP contribution >= 0.6 is 0 Å². The molecule has 0 rings (SSSR count). The van der Waals surface area contributed by atoms with Crippen molar-refractivity contribution in [2.75, 3.05) is 0 Å². The Morgan fingerprint density at radius 1 is 1.89 bits per heavy atom. The van der Waals surface area contributed by atoms with Crippen LogP contribution in [0.4, 0.5) is 0 Å². The number of hydrogen-bond donors (Lipinski definition) is 0. The summed E-state index contributed by atoms with van der Waals surface area (Å²) in [5, 5.41) is 0. The summed E-state index contributed by atoms with van der Waals surface area (Å²) in [5.74, 6) is 0. The van der Waals surface area contributed by atoms with Gasteiger partial charge in [0.25, 0.3) is 0 Å².